The Morgan fingerprint density at radius 1 is 1.11 bits per heavy atom. The standard InChI is InChI=1S/C19H16N8O/c1-25-7-2-3-15(25)18-24-23-16-5-4-13(11-27(16)18)19(28)21-9-14-12-26-8-6-20-10-17(26)22-14/h2-8,10-12H,9H2,1H3,(H,21,28). The lowest BCUT2D eigenvalue weighted by molar-refractivity contribution is 0.0950. The van der Waals surface area contributed by atoms with Crippen molar-refractivity contribution in [1.29, 1.82) is 0 Å². The van der Waals surface area contributed by atoms with Gasteiger partial charge in [0.05, 0.1) is 29.7 Å². The fourth-order valence-corrected chi connectivity index (χ4v) is 3.15. The van der Waals surface area contributed by atoms with E-state index in [1.54, 1.807) is 30.7 Å². The molecule has 0 unspecified atom stereocenters. The largest absolute Gasteiger partial charge is 0.348 e. The fraction of sp³-hybridized carbons (Fsp3) is 0.105. The lowest BCUT2D eigenvalue weighted by Gasteiger charge is -2.06. The van der Waals surface area contributed by atoms with Gasteiger partial charge in [0.1, 0.15) is 0 Å². The number of fused-ring (bicyclic) bond motifs is 2. The second kappa shape index (κ2) is 6.31. The molecule has 0 saturated carbocycles. The van der Waals surface area contributed by atoms with E-state index in [9.17, 15) is 4.79 Å². The molecule has 28 heavy (non-hydrogen) atoms. The van der Waals surface area contributed by atoms with Gasteiger partial charge in [0, 0.05) is 38.0 Å². The molecule has 0 bridgehead atoms. The zero-order valence-electron chi connectivity index (χ0n) is 15.0. The zero-order valence-corrected chi connectivity index (χ0v) is 15.0. The highest BCUT2D eigenvalue weighted by atomic mass is 16.1. The van der Waals surface area contributed by atoms with Crippen molar-refractivity contribution in [3.8, 4) is 11.5 Å². The van der Waals surface area contributed by atoms with Crippen LogP contribution in [0.15, 0.2) is 61.4 Å². The first-order chi connectivity index (χ1) is 13.7. The third-order valence-electron chi connectivity index (χ3n) is 4.58. The smallest absolute Gasteiger partial charge is 0.253 e. The minimum Gasteiger partial charge on any atom is -0.348 e. The van der Waals surface area contributed by atoms with E-state index in [4.69, 9.17) is 0 Å². The third-order valence-corrected chi connectivity index (χ3v) is 4.58. The van der Waals surface area contributed by atoms with Crippen molar-refractivity contribution in [2.75, 3.05) is 0 Å². The Hall–Kier alpha value is -4.01. The van der Waals surface area contributed by atoms with Gasteiger partial charge in [-0.2, -0.15) is 0 Å². The first-order valence-corrected chi connectivity index (χ1v) is 8.71. The average Bonchev–Trinajstić information content (AvgIpc) is 3.42. The molecule has 0 aliphatic carbocycles. The third kappa shape index (κ3) is 2.69. The van der Waals surface area contributed by atoms with Crippen molar-refractivity contribution in [2.45, 2.75) is 6.54 Å². The molecule has 138 valence electrons. The Morgan fingerprint density at radius 3 is 2.86 bits per heavy atom. The molecule has 9 nitrogen and oxygen atoms in total. The van der Waals surface area contributed by atoms with Gasteiger partial charge < -0.3 is 14.3 Å². The Kier molecular flexibility index (Phi) is 3.64. The van der Waals surface area contributed by atoms with E-state index in [0.717, 1.165) is 17.0 Å². The molecule has 0 fully saturated rings. The van der Waals surface area contributed by atoms with E-state index in [2.05, 4.69) is 25.5 Å². The number of nitrogens with zero attached hydrogens (tertiary/aromatic N) is 7. The maximum absolute atomic E-state index is 12.6. The molecule has 0 radical (unpaired) electrons. The first-order valence-electron chi connectivity index (χ1n) is 8.71. The Labute approximate surface area is 159 Å². The Morgan fingerprint density at radius 2 is 2.04 bits per heavy atom. The quantitative estimate of drug-likeness (QED) is 0.518. The van der Waals surface area contributed by atoms with Gasteiger partial charge in [-0.1, -0.05) is 0 Å². The van der Waals surface area contributed by atoms with Gasteiger partial charge in [-0.15, -0.1) is 10.2 Å². The minimum atomic E-state index is -0.191. The van der Waals surface area contributed by atoms with E-state index in [1.807, 2.05) is 51.1 Å². The van der Waals surface area contributed by atoms with Crippen molar-refractivity contribution in [3.63, 3.8) is 0 Å². The summed E-state index contributed by atoms with van der Waals surface area (Å²) >= 11 is 0. The summed E-state index contributed by atoms with van der Waals surface area (Å²) in [6.07, 6.45) is 10.7. The molecular weight excluding hydrogens is 356 g/mol. The van der Waals surface area contributed by atoms with Crippen molar-refractivity contribution < 1.29 is 4.79 Å². The summed E-state index contributed by atoms with van der Waals surface area (Å²) in [6, 6.07) is 7.42. The summed E-state index contributed by atoms with van der Waals surface area (Å²) < 4.78 is 5.64. The van der Waals surface area contributed by atoms with Crippen LogP contribution < -0.4 is 5.32 Å². The van der Waals surface area contributed by atoms with Crippen LogP contribution in [0.25, 0.3) is 22.8 Å². The first kappa shape index (κ1) is 16.2. The molecule has 5 heterocycles. The number of aryl methyl sites for hydroxylation is 1. The Balaban J connectivity index is 1.40. The molecular formula is C19H16N8O. The molecule has 5 rings (SSSR count). The topological polar surface area (TPSA) is 94.4 Å². The number of nitrogens with one attached hydrogen (secondary N) is 1. The highest BCUT2D eigenvalue weighted by Crippen LogP contribution is 2.19. The van der Waals surface area contributed by atoms with Gasteiger partial charge in [-0.3, -0.25) is 14.2 Å². The number of carbonyl (C=O) groups is 1. The van der Waals surface area contributed by atoms with Crippen molar-refractivity contribution in [2.24, 2.45) is 7.05 Å². The zero-order chi connectivity index (χ0) is 19.1. The van der Waals surface area contributed by atoms with Crippen molar-refractivity contribution in [1.82, 2.24) is 38.9 Å². The Bertz CT molecular complexity index is 1280. The van der Waals surface area contributed by atoms with Crippen LogP contribution in [0, 0.1) is 0 Å². The maximum Gasteiger partial charge on any atom is 0.253 e. The SMILES string of the molecule is Cn1cccc1-c1nnc2ccc(C(=O)NCc3cn4ccncc4n3)cn12. The van der Waals surface area contributed by atoms with Gasteiger partial charge in [-0.05, 0) is 24.3 Å². The predicted octanol–water partition coefficient (Wildman–Crippen LogP) is 1.71. The average molecular weight is 372 g/mol. The van der Waals surface area contributed by atoms with E-state index < -0.39 is 0 Å². The highest BCUT2D eigenvalue weighted by molar-refractivity contribution is 5.94. The summed E-state index contributed by atoms with van der Waals surface area (Å²) in [5.74, 6) is 0.494. The number of imidazole rings is 1. The second-order valence-electron chi connectivity index (χ2n) is 6.43. The number of amides is 1. The monoisotopic (exact) mass is 372 g/mol. The van der Waals surface area contributed by atoms with E-state index in [1.165, 1.54) is 0 Å². The van der Waals surface area contributed by atoms with Gasteiger partial charge in [-0.25, -0.2) is 4.98 Å². The van der Waals surface area contributed by atoms with Crippen molar-refractivity contribution in [3.05, 3.63) is 72.7 Å². The molecule has 0 aliphatic rings. The fourth-order valence-electron chi connectivity index (χ4n) is 3.15. The molecule has 5 aromatic heterocycles. The second-order valence-corrected chi connectivity index (χ2v) is 6.43. The van der Waals surface area contributed by atoms with Crippen LogP contribution in [0.2, 0.25) is 0 Å². The minimum absolute atomic E-state index is 0.191. The molecule has 1 N–H and O–H groups in total. The van der Waals surface area contributed by atoms with Crippen LogP contribution in [0.4, 0.5) is 0 Å². The van der Waals surface area contributed by atoms with Gasteiger partial charge in [0.15, 0.2) is 17.1 Å². The van der Waals surface area contributed by atoms with Gasteiger partial charge in [0.25, 0.3) is 5.91 Å². The number of carbonyl (C=O) groups excluding carboxylic acids is 1. The molecule has 0 aromatic carbocycles. The molecule has 0 aliphatic heterocycles. The lowest BCUT2D eigenvalue weighted by Crippen LogP contribution is -2.23. The predicted molar refractivity (Wildman–Crippen MR) is 102 cm³/mol. The summed E-state index contributed by atoms with van der Waals surface area (Å²) in [5, 5.41) is 11.3. The number of pyridine rings is 1. The van der Waals surface area contributed by atoms with Crippen LogP contribution in [-0.2, 0) is 13.6 Å². The molecule has 5 aromatic rings. The molecule has 1 amide bonds. The van der Waals surface area contributed by atoms with E-state index in [0.29, 0.717) is 23.6 Å². The summed E-state index contributed by atoms with van der Waals surface area (Å²) in [7, 11) is 1.94. The molecule has 0 saturated heterocycles. The number of hydrogen-bond acceptors (Lipinski definition) is 5. The summed E-state index contributed by atoms with van der Waals surface area (Å²) in [6.45, 7) is 0.325. The molecule has 9 heteroatoms. The van der Waals surface area contributed by atoms with Crippen LogP contribution in [0.5, 0.6) is 0 Å². The number of aromatic nitrogens is 7. The van der Waals surface area contributed by atoms with Crippen LogP contribution >= 0.6 is 0 Å². The van der Waals surface area contributed by atoms with E-state index in [-0.39, 0.29) is 5.91 Å². The maximum atomic E-state index is 12.6. The number of rotatable bonds is 4. The normalized spacial score (nSPS) is 11.3. The summed E-state index contributed by atoms with van der Waals surface area (Å²) in [5.41, 5.74) is 3.62. The molecule has 0 atom stereocenters. The highest BCUT2D eigenvalue weighted by Gasteiger charge is 2.14. The van der Waals surface area contributed by atoms with Crippen molar-refractivity contribution >= 4 is 17.2 Å². The van der Waals surface area contributed by atoms with Gasteiger partial charge in [0.2, 0.25) is 0 Å². The van der Waals surface area contributed by atoms with Crippen LogP contribution in [0.1, 0.15) is 16.1 Å². The number of hydrogen-bond donors (Lipinski definition) is 1. The van der Waals surface area contributed by atoms with Gasteiger partial charge >= 0.3 is 0 Å². The van der Waals surface area contributed by atoms with E-state index >= 15 is 0 Å². The lowest BCUT2D eigenvalue weighted by atomic mass is 10.2. The molecule has 0 spiro atoms. The van der Waals surface area contributed by atoms with Crippen LogP contribution in [-0.4, -0.2) is 39.4 Å². The van der Waals surface area contributed by atoms with Crippen LogP contribution in [0.3, 0.4) is 0 Å². The summed E-state index contributed by atoms with van der Waals surface area (Å²) in [4.78, 5) is 21.1.